The maximum atomic E-state index is 12.8. The average molecular weight is 339 g/mol. The van der Waals surface area contributed by atoms with Gasteiger partial charge in [0.05, 0.1) is 5.56 Å². The van der Waals surface area contributed by atoms with Crippen molar-refractivity contribution in [2.45, 2.75) is 24.9 Å². The standard InChI is InChI=1S/C15H16F3N5O/c1-22-8-12(15(16,17)18)21-13(22)10-3-2-4-23(7-10)14(24)11-5-19-9-20-6-11/h5-6,8-10H,2-4,7H2,1H3. The molecule has 2 aromatic heterocycles. The highest BCUT2D eigenvalue weighted by Gasteiger charge is 2.36. The van der Waals surface area contributed by atoms with E-state index in [-0.39, 0.29) is 11.8 Å². The summed E-state index contributed by atoms with van der Waals surface area (Å²) >= 11 is 0. The van der Waals surface area contributed by atoms with Crippen molar-refractivity contribution < 1.29 is 18.0 Å². The van der Waals surface area contributed by atoms with E-state index in [2.05, 4.69) is 15.0 Å². The Hall–Kier alpha value is -2.45. The molecule has 0 aliphatic carbocycles. The summed E-state index contributed by atoms with van der Waals surface area (Å²) in [6, 6.07) is 0. The predicted molar refractivity (Wildman–Crippen MR) is 78.1 cm³/mol. The first-order valence-corrected chi connectivity index (χ1v) is 7.51. The van der Waals surface area contributed by atoms with E-state index in [1.807, 2.05) is 0 Å². The molecule has 1 amide bonds. The Morgan fingerprint density at radius 3 is 2.62 bits per heavy atom. The van der Waals surface area contributed by atoms with Gasteiger partial charge in [0.25, 0.3) is 5.91 Å². The zero-order valence-electron chi connectivity index (χ0n) is 13.0. The van der Waals surface area contributed by atoms with Gasteiger partial charge in [-0.2, -0.15) is 13.2 Å². The van der Waals surface area contributed by atoms with Crippen LogP contribution in [0.4, 0.5) is 13.2 Å². The van der Waals surface area contributed by atoms with Gasteiger partial charge in [0, 0.05) is 44.6 Å². The minimum Gasteiger partial charge on any atom is -0.338 e. The fraction of sp³-hybridized carbons (Fsp3) is 0.467. The largest absolute Gasteiger partial charge is 0.434 e. The number of hydrogen-bond acceptors (Lipinski definition) is 4. The molecule has 1 atom stereocenters. The van der Waals surface area contributed by atoms with Crippen molar-refractivity contribution in [2.24, 2.45) is 7.05 Å². The molecule has 6 nitrogen and oxygen atoms in total. The molecule has 0 radical (unpaired) electrons. The van der Waals surface area contributed by atoms with E-state index in [1.165, 1.54) is 23.3 Å². The third-order valence-electron chi connectivity index (χ3n) is 4.08. The molecule has 1 saturated heterocycles. The summed E-state index contributed by atoms with van der Waals surface area (Å²) in [4.78, 5) is 25.5. The first-order chi connectivity index (χ1) is 11.4. The summed E-state index contributed by atoms with van der Waals surface area (Å²) < 4.78 is 39.9. The number of rotatable bonds is 2. The fourth-order valence-corrected chi connectivity index (χ4v) is 2.96. The van der Waals surface area contributed by atoms with Crippen LogP contribution in [0, 0.1) is 0 Å². The van der Waals surface area contributed by atoms with Gasteiger partial charge in [-0.25, -0.2) is 15.0 Å². The molecule has 1 unspecified atom stereocenters. The van der Waals surface area contributed by atoms with Crippen molar-refractivity contribution in [3.63, 3.8) is 0 Å². The van der Waals surface area contributed by atoms with Gasteiger partial charge in [0.15, 0.2) is 5.69 Å². The number of halogens is 3. The number of alkyl halides is 3. The highest BCUT2D eigenvalue weighted by atomic mass is 19.4. The monoisotopic (exact) mass is 339 g/mol. The van der Waals surface area contributed by atoms with E-state index in [1.54, 1.807) is 11.9 Å². The number of aryl methyl sites for hydroxylation is 1. The van der Waals surface area contributed by atoms with E-state index >= 15 is 0 Å². The van der Waals surface area contributed by atoms with Gasteiger partial charge in [-0.15, -0.1) is 0 Å². The van der Waals surface area contributed by atoms with Crippen LogP contribution in [-0.2, 0) is 13.2 Å². The van der Waals surface area contributed by atoms with Crippen LogP contribution in [0.1, 0.15) is 40.6 Å². The van der Waals surface area contributed by atoms with Crippen LogP contribution >= 0.6 is 0 Å². The first-order valence-electron chi connectivity index (χ1n) is 7.51. The molecule has 0 aromatic carbocycles. The molecule has 0 N–H and O–H groups in total. The maximum Gasteiger partial charge on any atom is 0.434 e. The molecule has 1 aliphatic heterocycles. The minimum atomic E-state index is -4.47. The second kappa shape index (κ2) is 6.21. The summed E-state index contributed by atoms with van der Waals surface area (Å²) in [7, 11) is 1.55. The van der Waals surface area contributed by atoms with Gasteiger partial charge in [0.2, 0.25) is 0 Å². The van der Waals surface area contributed by atoms with Crippen LogP contribution in [-0.4, -0.2) is 43.4 Å². The first kappa shape index (κ1) is 16.4. The minimum absolute atomic E-state index is 0.217. The number of nitrogens with zero attached hydrogens (tertiary/aromatic N) is 5. The Morgan fingerprint density at radius 1 is 1.29 bits per heavy atom. The molecule has 1 fully saturated rings. The molecule has 0 bridgehead atoms. The van der Waals surface area contributed by atoms with Gasteiger partial charge in [0.1, 0.15) is 12.2 Å². The third kappa shape index (κ3) is 3.24. The summed E-state index contributed by atoms with van der Waals surface area (Å²) in [5.74, 6) is -0.0943. The average Bonchev–Trinajstić information content (AvgIpc) is 2.97. The normalized spacial score (nSPS) is 18.7. The summed E-state index contributed by atoms with van der Waals surface area (Å²) in [6.45, 7) is 0.886. The van der Waals surface area contributed by atoms with Crippen molar-refractivity contribution in [2.75, 3.05) is 13.1 Å². The fourth-order valence-electron chi connectivity index (χ4n) is 2.96. The van der Waals surface area contributed by atoms with Crippen LogP contribution in [0.2, 0.25) is 0 Å². The highest BCUT2D eigenvalue weighted by Crippen LogP contribution is 2.32. The van der Waals surface area contributed by atoms with Gasteiger partial charge >= 0.3 is 6.18 Å². The molecular formula is C15H16F3N5O. The SMILES string of the molecule is Cn1cc(C(F)(F)F)nc1C1CCCN(C(=O)c2cncnc2)C1. The number of carbonyl (C=O) groups is 1. The number of carbonyl (C=O) groups excluding carboxylic acids is 1. The summed E-state index contributed by atoms with van der Waals surface area (Å²) in [5.41, 5.74) is -0.533. The molecule has 2 aromatic rings. The van der Waals surface area contributed by atoms with Crippen molar-refractivity contribution in [3.05, 3.63) is 42.0 Å². The Bertz CT molecular complexity index is 728. The lowest BCUT2D eigenvalue weighted by atomic mass is 9.96. The van der Waals surface area contributed by atoms with E-state index in [0.717, 1.165) is 6.20 Å². The zero-order chi connectivity index (χ0) is 17.3. The second-order valence-corrected chi connectivity index (χ2v) is 5.81. The van der Waals surface area contributed by atoms with E-state index < -0.39 is 11.9 Å². The Kier molecular flexibility index (Phi) is 4.25. The highest BCUT2D eigenvalue weighted by molar-refractivity contribution is 5.93. The number of aromatic nitrogens is 4. The van der Waals surface area contributed by atoms with E-state index in [9.17, 15) is 18.0 Å². The molecule has 3 rings (SSSR count). The predicted octanol–water partition coefficient (Wildman–Crippen LogP) is 2.25. The smallest absolute Gasteiger partial charge is 0.338 e. The van der Waals surface area contributed by atoms with Gasteiger partial charge in [-0.1, -0.05) is 0 Å². The van der Waals surface area contributed by atoms with Crippen molar-refractivity contribution >= 4 is 5.91 Å². The topological polar surface area (TPSA) is 63.9 Å². The van der Waals surface area contributed by atoms with Crippen molar-refractivity contribution in [1.82, 2.24) is 24.4 Å². The maximum absolute atomic E-state index is 12.8. The Morgan fingerprint density at radius 2 is 2.00 bits per heavy atom. The molecule has 0 saturated carbocycles. The van der Waals surface area contributed by atoms with Gasteiger partial charge < -0.3 is 9.47 Å². The number of piperidine rings is 1. The lowest BCUT2D eigenvalue weighted by Gasteiger charge is -2.32. The third-order valence-corrected chi connectivity index (χ3v) is 4.08. The van der Waals surface area contributed by atoms with Crippen molar-refractivity contribution in [3.8, 4) is 0 Å². The lowest BCUT2D eigenvalue weighted by Crippen LogP contribution is -2.39. The number of hydrogen-bond donors (Lipinski definition) is 0. The number of likely N-dealkylation sites (tertiary alicyclic amines) is 1. The number of amides is 1. The molecule has 3 heterocycles. The summed E-state index contributed by atoms with van der Waals surface area (Å²) in [5, 5.41) is 0. The molecule has 9 heteroatoms. The Balaban J connectivity index is 1.79. The number of imidazole rings is 1. The lowest BCUT2D eigenvalue weighted by molar-refractivity contribution is -0.141. The van der Waals surface area contributed by atoms with Gasteiger partial charge in [-0.05, 0) is 12.8 Å². The Labute approximate surface area is 136 Å². The molecule has 0 spiro atoms. The quantitative estimate of drug-likeness (QED) is 0.842. The van der Waals surface area contributed by atoms with Crippen LogP contribution in [0.5, 0.6) is 0 Å². The molecular weight excluding hydrogens is 323 g/mol. The van der Waals surface area contributed by atoms with Crippen LogP contribution < -0.4 is 0 Å². The van der Waals surface area contributed by atoms with Crippen LogP contribution in [0.15, 0.2) is 24.9 Å². The van der Waals surface area contributed by atoms with Crippen LogP contribution in [0.3, 0.4) is 0 Å². The zero-order valence-corrected chi connectivity index (χ0v) is 13.0. The van der Waals surface area contributed by atoms with Crippen LogP contribution in [0.25, 0.3) is 0 Å². The summed E-state index contributed by atoms with van der Waals surface area (Å²) in [6.07, 6.45) is 2.11. The second-order valence-electron chi connectivity index (χ2n) is 5.81. The van der Waals surface area contributed by atoms with Gasteiger partial charge in [-0.3, -0.25) is 4.79 Å². The van der Waals surface area contributed by atoms with E-state index in [4.69, 9.17) is 0 Å². The molecule has 1 aliphatic rings. The van der Waals surface area contributed by atoms with Crippen molar-refractivity contribution in [1.29, 1.82) is 0 Å². The molecule has 128 valence electrons. The van der Waals surface area contributed by atoms with E-state index in [0.29, 0.717) is 37.3 Å². The molecule has 24 heavy (non-hydrogen) atoms.